The largest absolute Gasteiger partial charge is 0.507 e. The van der Waals surface area contributed by atoms with Crippen LogP contribution in [-0.2, 0) is 9.59 Å². The van der Waals surface area contributed by atoms with Gasteiger partial charge in [-0.25, -0.2) is 0 Å². The molecule has 6 nitrogen and oxygen atoms in total. The van der Waals surface area contributed by atoms with E-state index in [0.717, 1.165) is 5.56 Å². The second-order valence-electron chi connectivity index (χ2n) is 7.31. The number of hydrogen-bond donors (Lipinski definition) is 1. The molecule has 0 saturated carbocycles. The molecule has 4 rings (SSSR count). The van der Waals surface area contributed by atoms with Crippen LogP contribution in [0.1, 0.15) is 29.7 Å². The van der Waals surface area contributed by atoms with Crippen LogP contribution >= 0.6 is 11.6 Å². The number of hydrogen-bond acceptors (Lipinski definition) is 5. The predicted molar refractivity (Wildman–Crippen MR) is 123 cm³/mol. The number of pyridine rings is 1. The molecule has 1 aliphatic rings. The zero-order valence-corrected chi connectivity index (χ0v) is 18.3. The van der Waals surface area contributed by atoms with Gasteiger partial charge in [-0.3, -0.25) is 19.5 Å². The fourth-order valence-electron chi connectivity index (χ4n) is 3.86. The van der Waals surface area contributed by atoms with Gasteiger partial charge in [-0.15, -0.1) is 0 Å². The Labute approximate surface area is 190 Å². The zero-order valence-electron chi connectivity index (χ0n) is 17.6. The number of Topliss-reactive ketones (excluding diaryl/α,β-unsaturated/α-hetero) is 1. The summed E-state index contributed by atoms with van der Waals surface area (Å²) >= 11 is 6.36. The highest BCUT2D eigenvalue weighted by Gasteiger charge is 2.47. The van der Waals surface area contributed by atoms with Crippen LogP contribution in [0.15, 0.2) is 72.6 Å². The number of nitrogens with zero attached hydrogens (tertiary/aromatic N) is 2. The van der Waals surface area contributed by atoms with E-state index in [-0.39, 0.29) is 21.9 Å². The third kappa shape index (κ3) is 3.74. The molecule has 1 N–H and O–H groups in total. The molecular formula is C25H21ClN2O4. The first-order chi connectivity index (χ1) is 15.4. The molecule has 0 spiro atoms. The van der Waals surface area contributed by atoms with E-state index in [9.17, 15) is 14.7 Å². The Kier molecular flexibility index (Phi) is 5.97. The first-order valence-corrected chi connectivity index (χ1v) is 10.5. The van der Waals surface area contributed by atoms with Gasteiger partial charge in [-0.2, -0.15) is 0 Å². The highest BCUT2D eigenvalue weighted by atomic mass is 35.5. The number of ether oxygens (including phenoxy) is 1. The molecule has 3 aromatic rings. The normalized spacial score (nSPS) is 17.6. The van der Waals surface area contributed by atoms with Crippen LogP contribution in [0.4, 0.5) is 5.69 Å². The number of rotatable bonds is 5. The van der Waals surface area contributed by atoms with Gasteiger partial charge in [0, 0.05) is 23.6 Å². The topological polar surface area (TPSA) is 79.7 Å². The molecule has 1 fully saturated rings. The molecule has 1 aliphatic heterocycles. The minimum atomic E-state index is -0.842. The lowest BCUT2D eigenvalue weighted by Crippen LogP contribution is -2.30. The number of carbonyl (C=O) groups excluding carboxylic acids is 2. The maximum atomic E-state index is 13.2. The number of halogens is 1. The van der Waals surface area contributed by atoms with Crippen molar-refractivity contribution < 1.29 is 19.4 Å². The van der Waals surface area contributed by atoms with Gasteiger partial charge in [0.15, 0.2) is 0 Å². The minimum absolute atomic E-state index is 0.0417. The van der Waals surface area contributed by atoms with Crippen molar-refractivity contribution in [3.05, 3.63) is 94.3 Å². The number of ketones is 1. The first-order valence-electron chi connectivity index (χ1n) is 10.1. The van der Waals surface area contributed by atoms with Crippen molar-refractivity contribution >= 4 is 34.7 Å². The lowest BCUT2D eigenvalue weighted by molar-refractivity contribution is -0.132. The fourth-order valence-corrected chi connectivity index (χ4v) is 4.07. The van der Waals surface area contributed by atoms with Gasteiger partial charge in [0.2, 0.25) is 0 Å². The molecule has 1 unspecified atom stereocenters. The predicted octanol–water partition coefficient (Wildman–Crippen LogP) is 5.07. The van der Waals surface area contributed by atoms with Crippen LogP contribution in [0.2, 0.25) is 5.02 Å². The molecule has 1 atom stereocenters. The van der Waals surface area contributed by atoms with Crippen molar-refractivity contribution in [2.75, 3.05) is 11.5 Å². The number of carbonyl (C=O) groups is 2. The Morgan fingerprint density at radius 2 is 1.84 bits per heavy atom. The van der Waals surface area contributed by atoms with Crippen molar-refractivity contribution in [3.63, 3.8) is 0 Å². The third-order valence-electron chi connectivity index (χ3n) is 5.35. The average Bonchev–Trinajstić information content (AvgIpc) is 3.06. The van der Waals surface area contributed by atoms with Crippen molar-refractivity contribution in [1.29, 1.82) is 0 Å². The monoisotopic (exact) mass is 448 g/mol. The molecule has 2 heterocycles. The van der Waals surface area contributed by atoms with E-state index in [2.05, 4.69) is 4.98 Å². The second-order valence-corrected chi connectivity index (χ2v) is 7.72. The molecular weight excluding hydrogens is 428 g/mol. The summed E-state index contributed by atoms with van der Waals surface area (Å²) < 4.78 is 5.52. The van der Waals surface area contributed by atoms with Crippen LogP contribution in [0.3, 0.4) is 0 Å². The molecule has 1 aromatic heterocycles. The highest BCUT2D eigenvalue weighted by molar-refractivity contribution is 6.52. The van der Waals surface area contributed by atoms with E-state index in [4.69, 9.17) is 16.3 Å². The van der Waals surface area contributed by atoms with Crippen LogP contribution in [0, 0.1) is 6.92 Å². The van der Waals surface area contributed by atoms with E-state index in [1.807, 2.05) is 26.0 Å². The summed E-state index contributed by atoms with van der Waals surface area (Å²) in [7, 11) is 0. The van der Waals surface area contributed by atoms with Gasteiger partial charge in [0.05, 0.1) is 23.2 Å². The number of amides is 1. The number of para-hydroxylation sites is 1. The van der Waals surface area contributed by atoms with E-state index in [1.54, 1.807) is 54.9 Å². The summed E-state index contributed by atoms with van der Waals surface area (Å²) in [5.74, 6) is -1.37. The summed E-state index contributed by atoms with van der Waals surface area (Å²) in [6.45, 7) is 4.13. The van der Waals surface area contributed by atoms with Crippen LogP contribution in [-0.4, -0.2) is 28.4 Å². The molecule has 7 heteroatoms. The Hall–Kier alpha value is -3.64. The van der Waals surface area contributed by atoms with Crippen molar-refractivity contribution in [2.45, 2.75) is 19.9 Å². The van der Waals surface area contributed by atoms with Crippen molar-refractivity contribution in [3.8, 4) is 5.75 Å². The fraction of sp³-hybridized carbons (Fsp3) is 0.160. The Morgan fingerprint density at radius 3 is 2.53 bits per heavy atom. The van der Waals surface area contributed by atoms with Crippen LogP contribution in [0.5, 0.6) is 5.75 Å². The first kappa shape index (κ1) is 21.6. The molecule has 2 aromatic carbocycles. The smallest absolute Gasteiger partial charge is 0.300 e. The van der Waals surface area contributed by atoms with Crippen molar-refractivity contribution in [2.24, 2.45) is 0 Å². The Bertz CT molecular complexity index is 1220. The number of benzene rings is 2. The molecule has 1 saturated heterocycles. The van der Waals surface area contributed by atoms with Crippen LogP contribution < -0.4 is 9.64 Å². The van der Waals surface area contributed by atoms with Crippen LogP contribution in [0.25, 0.3) is 5.76 Å². The lowest BCUT2D eigenvalue weighted by Gasteiger charge is -2.26. The van der Waals surface area contributed by atoms with Gasteiger partial charge >= 0.3 is 0 Å². The average molecular weight is 449 g/mol. The van der Waals surface area contributed by atoms with Gasteiger partial charge in [-0.05, 0) is 61.4 Å². The van der Waals surface area contributed by atoms with Gasteiger partial charge in [0.25, 0.3) is 11.7 Å². The molecule has 32 heavy (non-hydrogen) atoms. The Balaban J connectivity index is 1.96. The standard InChI is InChI=1S/C25H21ClN2O4/c1-3-32-17-8-9-19(26)18(14-17)23(29)21-22(16-10-12-27-13-11-16)28(25(31)24(21)30)20-7-5-4-6-15(20)2/h4-14,22,29H,3H2,1-2H3/b23-21+. The van der Waals surface area contributed by atoms with E-state index >= 15 is 0 Å². The quantitative estimate of drug-likeness (QED) is 0.335. The maximum absolute atomic E-state index is 13.2. The van der Waals surface area contributed by atoms with Gasteiger partial charge < -0.3 is 9.84 Å². The SMILES string of the molecule is CCOc1ccc(Cl)c(/C(O)=C2\C(=O)C(=O)N(c3ccccc3C)C2c2ccncc2)c1. The number of aliphatic hydroxyl groups excluding tert-OH is 1. The summed E-state index contributed by atoms with van der Waals surface area (Å²) in [5.41, 5.74) is 2.23. The molecule has 1 amide bonds. The third-order valence-corrected chi connectivity index (χ3v) is 5.67. The zero-order chi connectivity index (χ0) is 22.8. The summed E-state index contributed by atoms with van der Waals surface area (Å²) in [6, 6.07) is 14.7. The lowest BCUT2D eigenvalue weighted by atomic mass is 9.95. The summed E-state index contributed by atoms with van der Waals surface area (Å²) in [5, 5.41) is 11.5. The van der Waals surface area contributed by atoms with E-state index in [1.165, 1.54) is 4.90 Å². The van der Waals surface area contributed by atoms with Crippen molar-refractivity contribution in [1.82, 2.24) is 4.98 Å². The number of aryl methyl sites for hydroxylation is 1. The number of anilines is 1. The van der Waals surface area contributed by atoms with Gasteiger partial charge in [-0.1, -0.05) is 29.8 Å². The molecule has 0 bridgehead atoms. The molecule has 0 radical (unpaired) electrons. The second kappa shape index (κ2) is 8.85. The summed E-state index contributed by atoms with van der Waals surface area (Å²) in [6.07, 6.45) is 3.16. The minimum Gasteiger partial charge on any atom is -0.507 e. The van der Waals surface area contributed by atoms with E-state index in [0.29, 0.717) is 23.6 Å². The number of aliphatic hydroxyl groups is 1. The van der Waals surface area contributed by atoms with Gasteiger partial charge in [0.1, 0.15) is 11.5 Å². The maximum Gasteiger partial charge on any atom is 0.300 e. The number of aromatic nitrogens is 1. The molecule has 162 valence electrons. The highest BCUT2D eigenvalue weighted by Crippen LogP contribution is 2.43. The van der Waals surface area contributed by atoms with E-state index < -0.39 is 17.7 Å². The molecule has 0 aliphatic carbocycles. The Morgan fingerprint density at radius 1 is 1.12 bits per heavy atom. The summed E-state index contributed by atoms with van der Waals surface area (Å²) in [4.78, 5) is 31.9.